The molecule has 0 saturated heterocycles. The van der Waals surface area contributed by atoms with Crippen molar-refractivity contribution in [1.29, 1.82) is 0 Å². The highest BCUT2D eigenvalue weighted by atomic mass is 16.5. The molecule has 0 spiro atoms. The van der Waals surface area contributed by atoms with E-state index >= 15 is 0 Å². The van der Waals surface area contributed by atoms with Crippen LogP contribution in [0.2, 0.25) is 0 Å². The predicted molar refractivity (Wildman–Crippen MR) is 67.9 cm³/mol. The summed E-state index contributed by atoms with van der Waals surface area (Å²) in [5.41, 5.74) is 0.966. The van der Waals surface area contributed by atoms with Crippen LogP contribution in [0.25, 0.3) is 0 Å². The minimum absolute atomic E-state index is 0.0134. The van der Waals surface area contributed by atoms with Gasteiger partial charge in [0.05, 0.1) is 12.8 Å². The summed E-state index contributed by atoms with van der Waals surface area (Å²) in [4.78, 5) is 22.8. The van der Waals surface area contributed by atoms with Gasteiger partial charge in [-0.05, 0) is 24.6 Å². The van der Waals surface area contributed by atoms with Crippen LogP contribution in [-0.4, -0.2) is 30.5 Å². The molecule has 0 bridgehead atoms. The van der Waals surface area contributed by atoms with Crippen molar-refractivity contribution in [3.8, 4) is 5.75 Å². The third-order valence-electron chi connectivity index (χ3n) is 2.39. The molecular formula is C13H17NO4. The van der Waals surface area contributed by atoms with E-state index in [1.54, 1.807) is 18.2 Å². The standard InChI is InChI=1S/C13H17NO4/c1-9(16)14-11-8-10(5-6-13(11)18-2)12(17)4-3-7-15/h5-6,8,15H,3-4,7H2,1-2H3,(H,14,16). The van der Waals surface area contributed by atoms with Gasteiger partial charge < -0.3 is 15.2 Å². The van der Waals surface area contributed by atoms with Crippen LogP contribution in [0.4, 0.5) is 5.69 Å². The van der Waals surface area contributed by atoms with E-state index in [1.807, 2.05) is 0 Å². The Labute approximate surface area is 106 Å². The number of hydrogen-bond donors (Lipinski definition) is 2. The molecule has 0 heterocycles. The van der Waals surface area contributed by atoms with Gasteiger partial charge in [0, 0.05) is 25.5 Å². The number of Topliss-reactive ketones (excluding diaryl/α,β-unsaturated/α-hetero) is 1. The Morgan fingerprint density at radius 2 is 2.11 bits per heavy atom. The van der Waals surface area contributed by atoms with Gasteiger partial charge in [0.1, 0.15) is 5.75 Å². The number of anilines is 1. The molecule has 0 aromatic heterocycles. The Hall–Kier alpha value is -1.88. The zero-order valence-corrected chi connectivity index (χ0v) is 10.5. The Balaban J connectivity index is 2.94. The molecular weight excluding hydrogens is 234 g/mol. The first kappa shape index (κ1) is 14.2. The van der Waals surface area contributed by atoms with Crippen LogP contribution in [-0.2, 0) is 4.79 Å². The van der Waals surface area contributed by atoms with E-state index in [0.717, 1.165) is 0 Å². The lowest BCUT2D eigenvalue weighted by Crippen LogP contribution is -2.09. The van der Waals surface area contributed by atoms with E-state index in [1.165, 1.54) is 14.0 Å². The van der Waals surface area contributed by atoms with E-state index < -0.39 is 0 Å². The summed E-state index contributed by atoms with van der Waals surface area (Å²) in [5.74, 6) is 0.204. The fourth-order valence-electron chi connectivity index (χ4n) is 1.55. The second kappa shape index (κ2) is 6.76. The van der Waals surface area contributed by atoms with E-state index in [9.17, 15) is 9.59 Å². The number of aliphatic hydroxyl groups excluding tert-OH is 1. The van der Waals surface area contributed by atoms with Crippen molar-refractivity contribution >= 4 is 17.4 Å². The monoisotopic (exact) mass is 251 g/mol. The quantitative estimate of drug-likeness (QED) is 0.753. The van der Waals surface area contributed by atoms with Crippen LogP contribution in [0.3, 0.4) is 0 Å². The van der Waals surface area contributed by atoms with Crippen molar-refractivity contribution in [3.05, 3.63) is 23.8 Å². The second-order valence-corrected chi connectivity index (χ2v) is 3.85. The summed E-state index contributed by atoms with van der Waals surface area (Å²) in [5, 5.41) is 11.3. The average Bonchev–Trinajstić information content (AvgIpc) is 2.35. The largest absolute Gasteiger partial charge is 0.495 e. The van der Waals surface area contributed by atoms with Gasteiger partial charge in [-0.1, -0.05) is 0 Å². The maximum atomic E-state index is 11.8. The SMILES string of the molecule is COc1ccc(C(=O)CCCO)cc1NC(C)=O. The summed E-state index contributed by atoms with van der Waals surface area (Å²) >= 11 is 0. The lowest BCUT2D eigenvalue weighted by Gasteiger charge is -2.10. The Morgan fingerprint density at radius 1 is 1.39 bits per heavy atom. The van der Waals surface area contributed by atoms with Crippen LogP contribution in [0.1, 0.15) is 30.1 Å². The number of ether oxygens (including phenoxy) is 1. The van der Waals surface area contributed by atoms with Crippen LogP contribution in [0.15, 0.2) is 18.2 Å². The van der Waals surface area contributed by atoms with Crippen LogP contribution in [0, 0.1) is 0 Å². The fourth-order valence-corrected chi connectivity index (χ4v) is 1.55. The zero-order chi connectivity index (χ0) is 13.5. The number of carbonyl (C=O) groups excluding carboxylic acids is 2. The Kier molecular flexibility index (Phi) is 5.32. The molecule has 1 amide bonds. The smallest absolute Gasteiger partial charge is 0.221 e. The van der Waals surface area contributed by atoms with Gasteiger partial charge in [0.25, 0.3) is 0 Å². The summed E-state index contributed by atoms with van der Waals surface area (Å²) in [7, 11) is 1.49. The molecule has 5 nitrogen and oxygen atoms in total. The number of rotatable bonds is 6. The molecule has 0 saturated carbocycles. The first-order valence-electron chi connectivity index (χ1n) is 5.68. The Bertz CT molecular complexity index is 443. The number of benzene rings is 1. The first-order valence-corrected chi connectivity index (χ1v) is 5.68. The van der Waals surface area contributed by atoms with Crippen molar-refractivity contribution in [2.24, 2.45) is 0 Å². The van der Waals surface area contributed by atoms with Gasteiger partial charge in [-0.25, -0.2) is 0 Å². The lowest BCUT2D eigenvalue weighted by atomic mass is 10.1. The molecule has 0 atom stereocenters. The molecule has 98 valence electrons. The summed E-state index contributed by atoms with van der Waals surface area (Å²) in [6.07, 6.45) is 0.711. The number of nitrogens with one attached hydrogen (secondary N) is 1. The average molecular weight is 251 g/mol. The maximum absolute atomic E-state index is 11.8. The highest BCUT2D eigenvalue weighted by Gasteiger charge is 2.10. The maximum Gasteiger partial charge on any atom is 0.221 e. The van der Waals surface area contributed by atoms with E-state index in [-0.39, 0.29) is 24.7 Å². The van der Waals surface area contributed by atoms with Crippen molar-refractivity contribution in [1.82, 2.24) is 0 Å². The summed E-state index contributed by atoms with van der Waals surface area (Å²) in [6.45, 7) is 1.38. The topological polar surface area (TPSA) is 75.6 Å². The van der Waals surface area contributed by atoms with Gasteiger partial charge in [0.15, 0.2) is 5.78 Å². The third kappa shape index (κ3) is 3.85. The molecule has 1 aromatic rings. The molecule has 0 aliphatic rings. The zero-order valence-electron chi connectivity index (χ0n) is 10.5. The molecule has 0 aliphatic carbocycles. The van der Waals surface area contributed by atoms with Gasteiger partial charge in [-0.3, -0.25) is 9.59 Å². The van der Waals surface area contributed by atoms with E-state index in [2.05, 4.69) is 5.32 Å². The number of aliphatic hydroxyl groups is 1. The first-order chi connectivity index (χ1) is 8.58. The molecule has 1 rings (SSSR count). The minimum atomic E-state index is -0.228. The normalized spacial score (nSPS) is 9.94. The molecule has 0 fully saturated rings. The van der Waals surface area contributed by atoms with E-state index in [4.69, 9.17) is 9.84 Å². The van der Waals surface area contributed by atoms with Crippen molar-refractivity contribution in [3.63, 3.8) is 0 Å². The minimum Gasteiger partial charge on any atom is -0.495 e. The molecule has 5 heteroatoms. The predicted octanol–water partition coefficient (Wildman–Crippen LogP) is 1.61. The van der Waals surface area contributed by atoms with Gasteiger partial charge >= 0.3 is 0 Å². The second-order valence-electron chi connectivity index (χ2n) is 3.85. The molecule has 0 radical (unpaired) electrons. The highest BCUT2D eigenvalue weighted by Crippen LogP contribution is 2.26. The van der Waals surface area contributed by atoms with Gasteiger partial charge in [-0.2, -0.15) is 0 Å². The number of ketones is 1. The number of carbonyl (C=O) groups is 2. The Morgan fingerprint density at radius 3 is 2.67 bits per heavy atom. The molecule has 1 aromatic carbocycles. The van der Waals surface area contributed by atoms with Crippen LogP contribution < -0.4 is 10.1 Å². The fraction of sp³-hybridized carbons (Fsp3) is 0.385. The van der Waals surface area contributed by atoms with Crippen LogP contribution in [0.5, 0.6) is 5.75 Å². The van der Waals surface area contributed by atoms with Crippen molar-refractivity contribution < 1.29 is 19.4 Å². The molecule has 2 N–H and O–H groups in total. The summed E-state index contributed by atoms with van der Waals surface area (Å²) < 4.78 is 5.10. The van der Waals surface area contributed by atoms with E-state index in [0.29, 0.717) is 23.4 Å². The third-order valence-corrected chi connectivity index (χ3v) is 2.39. The number of hydrogen-bond acceptors (Lipinski definition) is 4. The molecule has 18 heavy (non-hydrogen) atoms. The lowest BCUT2D eigenvalue weighted by molar-refractivity contribution is -0.114. The molecule has 0 aliphatic heterocycles. The van der Waals surface area contributed by atoms with Gasteiger partial charge in [-0.15, -0.1) is 0 Å². The summed E-state index contributed by atoms with van der Waals surface area (Å²) in [6, 6.07) is 4.86. The number of methoxy groups -OCH3 is 1. The number of amides is 1. The van der Waals surface area contributed by atoms with Gasteiger partial charge in [0.2, 0.25) is 5.91 Å². The highest BCUT2D eigenvalue weighted by molar-refractivity contribution is 5.99. The van der Waals surface area contributed by atoms with Crippen molar-refractivity contribution in [2.45, 2.75) is 19.8 Å². The van der Waals surface area contributed by atoms with Crippen LogP contribution >= 0.6 is 0 Å². The molecule has 0 unspecified atom stereocenters. The van der Waals surface area contributed by atoms with Crippen molar-refractivity contribution in [2.75, 3.05) is 19.0 Å².